The van der Waals surface area contributed by atoms with Gasteiger partial charge in [-0.05, 0) is 0 Å². The molecule has 0 radical (unpaired) electrons. The van der Waals surface area contributed by atoms with Crippen molar-refractivity contribution in [3.8, 4) is 0 Å². The summed E-state index contributed by atoms with van der Waals surface area (Å²) in [6.07, 6.45) is -1.74. The van der Waals surface area contributed by atoms with E-state index in [1.807, 2.05) is 0 Å². The molecule has 0 bridgehead atoms. The van der Waals surface area contributed by atoms with Gasteiger partial charge in [0.15, 0.2) is 18.0 Å². The molecular weight excluding hydrogens is 170 g/mol. The largest absolute Gasteiger partial charge is 0.488 e. The molecule has 0 saturated carbocycles. The Morgan fingerprint density at radius 2 is 2.25 bits per heavy atom. The topological polar surface area (TPSA) is 46.5 Å². The summed E-state index contributed by atoms with van der Waals surface area (Å²) in [5.74, 6) is -3.98. The van der Waals surface area contributed by atoms with Crippen molar-refractivity contribution in [3.05, 3.63) is 12.3 Å². The average Bonchev–Trinajstić information content (AvgIpc) is 1.92. The minimum atomic E-state index is -3.22. The van der Waals surface area contributed by atoms with E-state index >= 15 is 0 Å². The van der Waals surface area contributed by atoms with E-state index in [9.17, 15) is 13.6 Å². The highest BCUT2D eigenvalue weighted by molar-refractivity contribution is 5.94. The van der Waals surface area contributed by atoms with Crippen molar-refractivity contribution in [1.82, 2.24) is 0 Å². The summed E-state index contributed by atoms with van der Waals surface area (Å²) in [7, 11) is 0. The molecule has 5 heteroatoms. The SMILES string of the molecule is CC(F)(F)C1OC=CC(=O)C1O. The molecule has 2 atom stereocenters. The van der Waals surface area contributed by atoms with Gasteiger partial charge in [-0.25, -0.2) is 8.78 Å². The minimum absolute atomic E-state index is 0.591. The third-order valence-corrected chi connectivity index (χ3v) is 1.54. The number of alkyl halides is 2. The highest BCUT2D eigenvalue weighted by Crippen LogP contribution is 2.25. The smallest absolute Gasteiger partial charge is 0.284 e. The Balaban J connectivity index is 2.81. The monoisotopic (exact) mass is 178 g/mol. The molecule has 0 aliphatic carbocycles. The van der Waals surface area contributed by atoms with Crippen LogP contribution in [0.3, 0.4) is 0 Å². The van der Waals surface area contributed by atoms with Gasteiger partial charge >= 0.3 is 0 Å². The highest BCUT2D eigenvalue weighted by Gasteiger charge is 2.44. The number of carbonyl (C=O) groups excluding carboxylic acids is 1. The number of halogens is 2. The first-order valence-corrected chi connectivity index (χ1v) is 3.34. The molecular formula is C7H8F2O3. The van der Waals surface area contributed by atoms with E-state index < -0.39 is 23.9 Å². The van der Waals surface area contributed by atoms with Gasteiger partial charge in [-0.2, -0.15) is 0 Å². The fraction of sp³-hybridized carbons (Fsp3) is 0.571. The Bertz CT molecular complexity index is 219. The molecule has 0 amide bonds. The molecule has 1 aliphatic rings. The number of hydrogen-bond donors (Lipinski definition) is 1. The van der Waals surface area contributed by atoms with Crippen LogP contribution in [0.25, 0.3) is 0 Å². The van der Waals surface area contributed by atoms with Crippen LogP contribution in [0.1, 0.15) is 6.92 Å². The molecule has 12 heavy (non-hydrogen) atoms. The number of hydrogen-bond acceptors (Lipinski definition) is 3. The van der Waals surface area contributed by atoms with Gasteiger partial charge in [0.2, 0.25) is 0 Å². The minimum Gasteiger partial charge on any atom is -0.488 e. The van der Waals surface area contributed by atoms with Gasteiger partial charge in [-0.1, -0.05) is 0 Å². The second-order valence-corrected chi connectivity index (χ2v) is 2.66. The second-order valence-electron chi connectivity index (χ2n) is 2.66. The summed E-state index contributed by atoms with van der Waals surface area (Å²) in [6.45, 7) is 0.591. The van der Waals surface area contributed by atoms with Crippen molar-refractivity contribution in [2.45, 2.75) is 25.1 Å². The summed E-state index contributed by atoms with van der Waals surface area (Å²) in [5.41, 5.74) is 0. The van der Waals surface area contributed by atoms with Gasteiger partial charge in [-0.3, -0.25) is 4.79 Å². The fourth-order valence-electron chi connectivity index (χ4n) is 0.910. The lowest BCUT2D eigenvalue weighted by atomic mass is 10.0. The average molecular weight is 178 g/mol. The van der Waals surface area contributed by atoms with Crippen molar-refractivity contribution in [1.29, 1.82) is 0 Å². The number of aliphatic hydroxyl groups is 1. The molecule has 0 aromatic rings. The van der Waals surface area contributed by atoms with Crippen LogP contribution in [0.4, 0.5) is 8.78 Å². The molecule has 68 valence electrons. The number of carbonyl (C=O) groups is 1. The predicted molar refractivity (Wildman–Crippen MR) is 35.6 cm³/mol. The lowest BCUT2D eigenvalue weighted by Crippen LogP contribution is -2.47. The number of ether oxygens (including phenoxy) is 1. The number of ketones is 1. The molecule has 0 saturated heterocycles. The lowest BCUT2D eigenvalue weighted by Gasteiger charge is -2.28. The van der Waals surface area contributed by atoms with Crippen molar-refractivity contribution in [3.63, 3.8) is 0 Å². The Morgan fingerprint density at radius 3 is 2.67 bits per heavy atom. The van der Waals surface area contributed by atoms with E-state index in [0.717, 1.165) is 12.3 Å². The normalized spacial score (nSPS) is 30.2. The number of aliphatic hydroxyl groups excluding tert-OH is 1. The molecule has 1 heterocycles. The van der Waals surface area contributed by atoms with E-state index in [1.54, 1.807) is 0 Å². The maximum absolute atomic E-state index is 12.6. The Labute approximate surface area is 67.6 Å². The molecule has 0 spiro atoms. The summed E-state index contributed by atoms with van der Waals surface area (Å²) >= 11 is 0. The van der Waals surface area contributed by atoms with Crippen LogP contribution in [0.2, 0.25) is 0 Å². The summed E-state index contributed by atoms with van der Waals surface area (Å²) in [4.78, 5) is 10.7. The Hall–Kier alpha value is -0.970. The van der Waals surface area contributed by atoms with Gasteiger partial charge in [-0.15, -0.1) is 0 Å². The first-order chi connectivity index (χ1) is 5.43. The van der Waals surface area contributed by atoms with Crippen molar-refractivity contribution in [2.75, 3.05) is 0 Å². The van der Waals surface area contributed by atoms with Gasteiger partial charge in [0.05, 0.1) is 6.26 Å². The van der Waals surface area contributed by atoms with Crippen LogP contribution in [-0.4, -0.2) is 29.0 Å². The van der Waals surface area contributed by atoms with Crippen LogP contribution >= 0.6 is 0 Å². The molecule has 2 unspecified atom stereocenters. The first-order valence-electron chi connectivity index (χ1n) is 3.34. The molecule has 0 aromatic heterocycles. The summed E-state index contributed by atoms with van der Waals surface area (Å²) in [6, 6.07) is 0. The van der Waals surface area contributed by atoms with Gasteiger partial charge < -0.3 is 9.84 Å². The van der Waals surface area contributed by atoms with Crippen molar-refractivity contribution < 1.29 is 23.4 Å². The van der Waals surface area contributed by atoms with Crippen LogP contribution < -0.4 is 0 Å². The first kappa shape index (κ1) is 9.12. The molecule has 0 aromatic carbocycles. The van der Waals surface area contributed by atoms with E-state index in [0.29, 0.717) is 6.92 Å². The molecule has 0 fully saturated rings. The van der Waals surface area contributed by atoms with E-state index in [1.165, 1.54) is 0 Å². The zero-order valence-electron chi connectivity index (χ0n) is 6.33. The Kier molecular flexibility index (Phi) is 2.14. The third-order valence-electron chi connectivity index (χ3n) is 1.54. The lowest BCUT2D eigenvalue weighted by molar-refractivity contribution is -0.163. The van der Waals surface area contributed by atoms with Crippen LogP contribution in [0.5, 0.6) is 0 Å². The van der Waals surface area contributed by atoms with Crippen LogP contribution in [-0.2, 0) is 9.53 Å². The maximum Gasteiger partial charge on any atom is 0.284 e. The standard InChI is InChI=1S/C7H8F2O3/c1-7(8,9)6-5(11)4(10)2-3-12-6/h2-3,5-6,11H,1H3. The third kappa shape index (κ3) is 1.61. The zero-order valence-corrected chi connectivity index (χ0v) is 6.33. The van der Waals surface area contributed by atoms with E-state index in [4.69, 9.17) is 5.11 Å². The molecule has 1 rings (SSSR count). The molecule has 3 nitrogen and oxygen atoms in total. The van der Waals surface area contributed by atoms with E-state index in [-0.39, 0.29) is 0 Å². The van der Waals surface area contributed by atoms with E-state index in [2.05, 4.69) is 4.74 Å². The van der Waals surface area contributed by atoms with Crippen molar-refractivity contribution >= 4 is 5.78 Å². The molecule has 1 aliphatic heterocycles. The van der Waals surface area contributed by atoms with Gasteiger partial charge in [0.1, 0.15) is 0 Å². The predicted octanol–water partition coefficient (Wildman–Crippen LogP) is 0.484. The van der Waals surface area contributed by atoms with Crippen molar-refractivity contribution in [2.24, 2.45) is 0 Å². The second kappa shape index (κ2) is 2.82. The van der Waals surface area contributed by atoms with Crippen LogP contribution in [0.15, 0.2) is 12.3 Å². The van der Waals surface area contributed by atoms with Gasteiger partial charge in [0.25, 0.3) is 5.92 Å². The number of rotatable bonds is 1. The quantitative estimate of drug-likeness (QED) is 0.635. The zero-order chi connectivity index (χ0) is 9.35. The van der Waals surface area contributed by atoms with Crippen LogP contribution in [0, 0.1) is 0 Å². The summed E-state index contributed by atoms with van der Waals surface area (Å²) < 4.78 is 29.5. The highest BCUT2D eigenvalue weighted by atomic mass is 19.3. The summed E-state index contributed by atoms with van der Waals surface area (Å²) in [5, 5.41) is 8.97. The fourth-order valence-corrected chi connectivity index (χ4v) is 0.910. The molecule has 1 N–H and O–H groups in total. The Morgan fingerprint density at radius 1 is 1.67 bits per heavy atom. The maximum atomic E-state index is 12.6. The van der Waals surface area contributed by atoms with Gasteiger partial charge in [0, 0.05) is 13.0 Å².